The van der Waals surface area contributed by atoms with Crippen LogP contribution in [0.25, 0.3) is 0 Å². The van der Waals surface area contributed by atoms with Gasteiger partial charge in [-0.05, 0) is 43.1 Å². The third-order valence-electron chi connectivity index (χ3n) is 4.68. The molecule has 0 saturated heterocycles. The monoisotopic (exact) mass is 244 g/mol. The molecule has 2 heteroatoms. The summed E-state index contributed by atoms with van der Waals surface area (Å²) in [6.45, 7) is 2.14. The number of ketones is 1. The van der Waals surface area contributed by atoms with E-state index in [-0.39, 0.29) is 23.7 Å². The minimum atomic E-state index is -0.294. The average Bonchev–Trinajstić information content (AvgIpc) is 2.49. The van der Waals surface area contributed by atoms with Gasteiger partial charge in [0.05, 0.1) is 6.10 Å². The molecule has 1 fully saturated rings. The number of fused-ring (bicyclic) bond motifs is 2. The van der Waals surface area contributed by atoms with Gasteiger partial charge in [0, 0.05) is 11.5 Å². The summed E-state index contributed by atoms with van der Waals surface area (Å²) in [4.78, 5) is 12.7. The second kappa shape index (κ2) is 4.51. The predicted molar refractivity (Wildman–Crippen MR) is 70.5 cm³/mol. The number of carbonyl (C=O) groups excluding carboxylic acids is 1. The second-order valence-electron chi connectivity index (χ2n) is 5.97. The Kier molecular flexibility index (Phi) is 2.98. The van der Waals surface area contributed by atoms with Crippen molar-refractivity contribution < 1.29 is 9.90 Å². The van der Waals surface area contributed by atoms with E-state index in [0.29, 0.717) is 5.92 Å². The van der Waals surface area contributed by atoms with Crippen LogP contribution >= 0.6 is 0 Å². The largest absolute Gasteiger partial charge is 0.393 e. The van der Waals surface area contributed by atoms with Crippen molar-refractivity contribution in [2.24, 2.45) is 17.8 Å². The van der Waals surface area contributed by atoms with E-state index in [2.05, 4.69) is 13.0 Å². The summed E-state index contributed by atoms with van der Waals surface area (Å²) in [5, 5.41) is 10.2. The molecule has 18 heavy (non-hydrogen) atoms. The fourth-order valence-electron chi connectivity index (χ4n) is 3.76. The highest BCUT2D eigenvalue weighted by atomic mass is 16.3. The van der Waals surface area contributed by atoms with E-state index in [1.165, 1.54) is 0 Å². The molecule has 2 aliphatic rings. The number of rotatable bonds is 0. The fraction of sp³-hybridized carbons (Fsp3) is 0.562. The first kappa shape index (κ1) is 11.9. The molecule has 0 spiro atoms. The number of aryl methyl sites for hydroxylation is 1. The Hall–Kier alpha value is -1.15. The maximum Gasteiger partial charge on any atom is 0.166 e. The highest BCUT2D eigenvalue weighted by Gasteiger charge is 2.41. The van der Waals surface area contributed by atoms with Crippen LogP contribution in [-0.2, 0) is 6.42 Å². The smallest absolute Gasteiger partial charge is 0.166 e. The first-order valence-electron chi connectivity index (χ1n) is 6.97. The molecule has 1 N–H and O–H groups in total. The van der Waals surface area contributed by atoms with Crippen LogP contribution in [0.1, 0.15) is 42.1 Å². The Labute approximate surface area is 108 Å². The van der Waals surface area contributed by atoms with Crippen LogP contribution < -0.4 is 0 Å². The van der Waals surface area contributed by atoms with Crippen LogP contribution in [0.5, 0.6) is 0 Å². The highest BCUT2D eigenvalue weighted by molar-refractivity contribution is 5.99. The first-order chi connectivity index (χ1) is 8.66. The molecule has 0 heterocycles. The van der Waals surface area contributed by atoms with Gasteiger partial charge in [-0.2, -0.15) is 0 Å². The summed E-state index contributed by atoms with van der Waals surface area (Å²) in [5.74, 6) is 0.919. The summed E-state index contributed by atoms with van der Waals surface area (Å²) >= 11 is 0. The Morgan fingerprint density at radius 3 is 2.83 bits per heavy atom. The number of carbonyl (C=O) groups is 1. The third-order valence-corrected chi connectivity index (χ3v) is 4.68. The highest BCUT2D eigenvalue weighted by Crippen LogP contribution is 2.41. The molecule has 96 valence electrons. The third kappa shape index (κ3) is 1.89. The number of aliphatic hydroxyl groups is 1. The Balaban J connectivity index is 1.99. The second-order valence-corrected chi connectivity index (χ2v) is 5.97. The van der Waals surface area contributed by atoms with Gasteiger partial charge >= 0.3 is 0 Å². The zero-order chi connectivity index (χ0) is 12.7. The normalized spacial score (nSPS) is 35.6. The topological polar surface area (TPSA) is 37.3 Å². The van der Waals surface area contributed by atoms with Crippen molar-refractivity contribution in [2.75, 3.05) is 0 Å². The molecule has 3 rings (SSSR count). The van der Waals surface area contributed by atoms with Crippen LogP contribution in [0.4, 0.5) is 0 Å². The van der Waals surface area contributed by atoms with Crippen molar-refractivity contribution in [1.82, 2.24) is 0 Å². The zero-order valence-corrected chi connectivity index (χ0v) is 10.8. The van der Waals surface area contributed by atoms with E-state index in [9.17, 15) is 9.90 Å². The summed E-state index contributed by atoms with van der Waals surface area (Å²) in [6.07, 6.45) is 3.37. The van der Waals surface area contributed by atoms with E-state index >= 15 is 0 Å². The molecule has 0 bridgehead atoms. The fourth-order valence-corrected chi connectivity index (χ4v) is 3.76. The zero-order valence-electron chi connectivity index (χ0n) is 10.8. The van der Waals surface area contributed by atoms with Gasteiger partial charge in [0.25, 0.3) is 0 Å². The predicted octanol–water partition coefficient (Wildman–Crippen LogP) is 2.84. The molecule has 1 aromatic rings. The van der Waals surface area contributed by atoms with Gasteiger partial charge in [-0.25, -0.2) is 0 Å². The summed E-state index contributed by atoms with van der Waals surface area (Å²) < 4.78 is 0. The van der Waals surface area contributed by atoms with Crippen molar-refractivity contribution in [3.8, 4) is 0 Å². The maximum atomic E-state index is 12.7. The van der Waals surface area contributed by atoms with Gasteiger partial charge in [-0.15, -0.1) is 0 Å². The molecule has 2 nitrogen and oxygen atoms in total. The van der Waals surface area contributed by atoms with Crippen LogP contribution in [0.3, 0.4) is 0 Å². The Bertz CT molecular complexity index is 466. The van der Waals surface area contributed by atoms with Gasteiger partial charge in [0.2, 0.25) is 0 Å². The molecule has 0 radical (unpaired) electrons. The number of benzene rings is 1. The molecule has 1 aromatic carbocycles. The number of aliphatic hydroxyl groups excluding tert-OH is 1. The van der Waals surface area contributed by atoms with E-state index in [1.54, 1.807) is 0 Å². The standard InChI is InChI=1S/C16H20O2/c1-10-8-14-13(15(17)9-10)7-6-11-4-2-3-5-12(11)16(14)18/h2-5,10,13-15,17H,6-9H2,1H3/t10-,13-,14+,15?/m1/s1. The van der Waals surface area contributed by atoms with E-state index < -0.39 is 0 Å². The number of Topliss-reactive ketones (excluding diaryl/α,β-unsaturated/α-hetero) is 1. The van der Waals surface area contributed by atoms with Gasteiger partial charge < -0.3 is 5.11 Å². The van der Waals surface area contributed by atoms with Crippen molar-refractivity contribution in [2.45, 2.75) is 38.7 Å². The average molecular weight is 244 g/mol. The summed E-state index contributed by atoms with van der Waals surface area (Å²) in [5.41, 5.74) is 2.06. The molecule has 1 saturated carbocycles. The maximum absolute atomic E-state index is 12.7. The molecule has 0 aromatic heterocycles. The van der Waals surface area contributed by atoms with Gasteiger partial charge in [0.15, 0.2) is 5.78 Å². The summed E-state index contributed by atoms with van der Waals surface area (Å²) in [6, 6.07) is 7.95. The molecule has 1 unspecified atom stereocenters. The lowest BCUT2D eigenvalue weighted by Crippen LogP contribution is -2.39. The molecule has 4 atom stereocenters. The lowest BCUT2D eigenvalue weighted by molar-refractivity contribution is 0.0108. The lowest BCUT2D eigenvalue weighted by Gasteiger charge is -2.36. The van der Waals surface area contributed by atoms with Crippen molar-refractivity contribution in [1.29, 1.82) is 0 Å². The Morgan fingerprint density at radius 1 is 1.22 bits per heavy atom. The van der Waals surface area contributed by atoms with E-state index in [4.69, 9.17) is 0 Å². The number of hydrogen-bond donors (Lipinski definition) is 1. The van der Waals surface area contributed by atoms with E-state index in [1.807, 2.05) is 18.2 Å². The molecule has 0 amide bonds. The molecule has 2 aliphatic carbocycles. The first-order valence-corrected chi connectivity index (χ1v) is 6.97. The molecule has 0 aliphatic heterocycles. The SMILES string of the molecule is C[C@H]1CC(O)[C@@H]2CCc3ccccc3C(=O)[C@H]2C1. The van der Waals surface area contributed by atoms with Crippen molar-refractivity contribution >= 4 is 5.78 Å². The lowest BCUT2D eigenvalue weighted by atomic mass is 9.70. The van der Waals surface area contributed by atoms with Crippen LogP contribution in [0, 0.1) is 17.8 Å². The Morgan fingerprint density at radius 2 is 2.00 bits per heavy atom. The van der Waals surface area contributed by atoms with Crippen LogP contribution in [0.15, 0.2) is 24.3 Å². The minimum absolute atomic E-state index is 0.0346. The van der Waals surface area contributed by atoms with Crippen molar-refractivity contribution in [3.05, 3.63) is 35.4 Å². The molecular weight excluding hydrogens is 224 g/mol. The summed E-state index contributed by atoms with van der Waals surface area (Å²) in [7, 11) is 0. The minimum Gasteiger partial charge on any atom is -0.393 e. The van der Waals surface area contributed by atoms with Crippen molar-refractivity contribution in [3.63, 3.8) is 0 Å². The van der Waals surface area contributed by atoms with Gasteiger partial charge in [0.1, 0.15) is 0 Å². The van der Waals surface area contributed by atoms with Gasteiger partial charge in [-0.3, -0.25) is 4.79 Å². The van der Waals surface area contributed by atoms with Crippen LogP contribution in [-0.4, -0.2) is 17.0 Å². The van der Waals surface area contributed by atoms with Crippen LogP contribution in [0.2, 0.25) is 0 Å². The van der Waals surface area contributed by atoms with E-state index in [0.717, 1.165) is 36.8 Å². The number of hydrogen-bond acceptors (Lipinski definition) is 2. The molecular formula is C16H20O2. The quantitative estimate of drug-likeness (QED) is 0.762. The van der Waals surface area contributed by atoms with Gasteiger partial charge in [-0.1, -0.05) is 31.2 Å².